The molecule has 6 nitrogen and oxygen atoms in total. The van der Waals surface area contributed by atoms with E-state index < -0.39 is 0 Å². The second-order valence-corrected chi connectivity index (χ2v) is 6.52. The van der Waals surface area contributed by atoms with Crippen molar-refractivity contribution in [1.29, 1.82) is 0 Å². The van der Waals surface area contributed by atoms with Gasteiger partial charge in [-0.05, 0) is 37.3 Å². The second-order valence-electron chi connectivity index (χ2n) is 6.52. The average molecular weight is 352 g/mol. The quantitative estimate of drug-likeness (QED) is 0.832. The zero-order valence-corrected chi connectivity index (χ0v) is 14.6. The van der Waals surface area contributed by atoms with Gasteiger partial charge in [0.1, 0.15) is 0 Å². The summed E-state index contributed by atoms with van der Waals surface area (Å²) < 4.78 is 10.6. The fourth-order valence-electron chi connectivity index (χ4n) is 3.20. The van der Waals surface area contributed by atoms with Crippen molar-refractivity contribution < 1.29 is 19.1 Å². The summed E-state index contributed by atoms with van der Waals surface area (Å²) in [6, 6.07) is 12.8. The molecule has 26 heavy (non-hydrogen) atoms. The Morgan fingerprint density at radius 3 is 1.96 bits per heavy atom. The Labute approximate surface area is 151 Å². The van der Waals surface area contributed by atoms with Gasteiger partial charge in [0.25, 0.3) is 11.8 Å². The molecule has 0 atom stereocenters. The molecule has 2 aromatic carbocycles. The molecule has 0 aromatic heterocycles. The van der Waals surface area contributed by atoms with Crippen LogP contribution in [0.15, 0.2) is 42.5 Å². The van der Waals surface area contributed by atoms with Crippen LogP contribution in [0, 0.1) is 6.92 Å². The lowest BCUT2D eigenvalue weighted by Crippen LogP contribution is -2.50. The average Bonchev–Trinajstić information content (AvgIpc) is 3.15. The fraction of sp³-hybridized carbons (Fsp3) is 0.300. The van der Waals surface area contributed by atoms with E-state index in [9.17, 15) is 9.59 Å². The maximum Gasteiger partial charge on any atom is 0.254 e. The van der Waals surface area contributed by atoms with E-state index in [1.165, 1.54) is 0 Å². The lowest BCUT2D eigenvalue weighted by atomic mass is 10.1. The largest absolute Gasteiger partial charge is 0.454 e. The molecule has 1 saturated heterocycles. The summed E-state index contributed by atoms with van der Waals surface area (Å²) in [6.45, 7) is 4.28. The molecule has 0 spiro atoms. The summed E-state index contributed by atoms with van der Waals surface area (Å²) >= 11 is 0. The van der Waals surface area contributed by atoms with E-state index in [2.05, 4.69) is 0 Å². The molecule has 2 aliphatic rings. The number of hydrogen-bond acceptors (Lipinski definition) is 4. The van der Waals surface area contributed by atoms with Crippen LogP contribution < -0.4 is 9.47 Å². The number of aryl methyl sites for hydroxylation is 1. The highest BCUT2D eigenvalue weighted by Gasteiger charge is 2.26. The van der Waals surface area contributed by atoms with E-state index in [-0.39, 0.29) is 18.6 Å². The molecular formula is C20H20N2O4. The van der Waals surface area contributed by atoms with E-state index >= 15 is 0 Å². The molecule has 0 radical (unpaired) electrons. The Hall–Kier alpha value is -3.02. The van der Waals surface area contributed by atoms with Crippen molar-refractivity contribution in [1.82, 2.24) is 9.80 Å². The topological polar surface area (TPSA) is 59.1 Å². The van der Waals surface area contributed by atoms with Crippen LogP contribution in [-0.2, 0) is 0 Å². The molecule has 1 fully saturated rings. The molecule has 0 aliphatic carbocycles. The number of hydrogen-bond donors (Lipinski definition) is 0. The van der Waals surface area contributed by atoms with E-state index in [1.807, 2.05) is 31.2 Å². The summed E-state index contributed by atoms with van der Waals surface area (Å²) in [5, 5.41) is 0. The molecule has 4 rings (SSSR count). The molecule has 0 bridgehead atoms. The monoisotopic (exact) mass is 352 g/mol. The predicted octanol–water partition coefficient (Wildman–Crippen LogP) is 2.32. The Morgan fingerprint density at radius 1 is 0.769 bits per heavy atom. The van der Waals surface area contributed by atoms with Gasteiger partial charge in [-0.3, -0.25) is 9.59 Å². The van der Waals surface area contributed by atoms with Crippen LogP contribution in [0.25, 0.3) is 0 Å². The van der Waals surface area contributed by atoms with Crippen molar-refractivity contribution in [3.63, 3.8) is 0 Å². The van der Waals surface area contributed by atoms with Crippen molar-refractivity contribution in [3.05, 3.63) is 59.2 Å². The van der Waals surface area contributed by atoms with Crippen LogP contribution in [0.4, 0.5) is 0 Å². The Balaban J connectivity index is 1.39. The van der Waals surface area contributed by atoms with Gasteiger partial charge in [-0.15, -0.1) is 0 Å². The van der Waals surface area contributed by atoms with Crippen molar-refractivity contribution in [2.24, 2.45) is 0 Å². The summed E-state index contributed by atoms with van der Waals surface area (Å²) in [7, 11) is 0. The number of amides is 2. The van der Waals surface area contributed by atoms with Crippen LogP contribution in [-0.4, -0.2) is 54.6 Å². The van der Waals surface area contributed by atoms with Gasteiger partial charge in [-0.1, -0.05) is 17.7 Å². The van der Waals surface area contributed by atoms with Crippen LogP contribution in [0.1, 0.15) is 26.3 Å². The second kappa shape index (κ2) is 6.71. The number of ether oxygens (including phenoxy) is 2. The summed E-state index contributed by atoms with van der Waals surface area (Å²) in [5.41, 5.74) is 2.39. The van der Waals surface area contributed by atoms with Gasteiger partial charge in [0, 0.05) is 37.3 Å². The van der Waals surface area contributed by atoms with Crippen LogP contribution in [0.5, 0.6) is 11.5 Å². The number of piperazine rings is 1. The van der Waals surface area contributed by atoms with Crippen LogP contribution in [0.2, 0.25) is 0 Å². The van der Waals surface area contributed by atoms with Gasteiger partial charge in [0.05, 0.1) is 0 Å². The Kier molecular flexibility index (Phi) is 4.24. The molecule has 134 valence electrons. The molecule has 0 saturated carbocycles. The highest BCUT2D eigenvalue weighted by atomic mass is 16.7. The van der Waals surface area contributed by atoms with Crippen LogP contribution in [0.3, 0.4) is 0 Å². The number of benzene rings is 2. The standard InChI is InChI=1S/C20H20N2O4/c1-14-2-4-15(5-3-14)19(23)21-8-10-22(11-9-21)20(24)16-6-7-17-18(12-16)26-13-25-17/h2-7,12H,8-11,13H2,1H3. The molecule has 2 aliphatic heterocycles. The summed E-state index contributed by atoms with van der Waals surface area (Å²) in [5.74, 6) is 1.23. The third kappa shape index (κ3) is 3.10. The molecule has 0 N–H and O–H groups in total. The van der Waals surface area contributed by atoms with Crippen molar-refractivity contribution in [3.8, 4) is 11.5 Å². The molecule has 6 heteroatoms. The summed E-state index contributed by atoms with van der Waals surface area (Å²) in [6.07, 6.45) is 0. The number of nitrogens with zero attached hydrogens (tertiary/aromatic N) is 2. The minimum Gasteiger partial charge on any atom is -0.454 e. The zero-order valence-electron chi connectivity index (χ0n) is 14.6. The van der Waals surface area contributed by atoms with Gasteiger partial charge >= 0.3 is 0 Å². The first kappa shape index (κ1) is 16.4. The lowest BCUT2D eigenvalue weighted by Gasteiger charge is -2.35. The van der Waals surface area contributed by atoms with Crippen molar-refractivity contribution in [2.75, 3.05) is 33.0 Å². The van der Waals surface area contributed by atoms with Crippen molar-refractivity contribution in [2.45, 2.75) is 6.92 Å². The minimum atomic E-state index is -0.0502. The van der Waals surface area contributed by atoms with Crippen LogP contribution >= 0.6 is 0 Å². The highest BCUT2D eigenvalue weighted by molar-refractivity contribution is 5.96. The Morgan fingerprint density at radius 2 is 1.31 bits per heavy atom. The van der Waals surface area contributed by atoms with Gasteiger partial charge in [-0.25, -0.2) is 0 Å². The number of rotatable bonds is 2. The van der Waals surface area contributed by atoms with E-state index in [1.54, 1.807) is 28.0 Å². The molecule has 2 amide bonds. The first-order chi connectivity index (χ1) is 12.6. The normalized spacial score (nSPS) is 15.9. The third-order valence-electron chi connectivity index (χ3n) is 4.77. The maximum absolute atomic E-state index is 12.7. The number of carbonyl (C=O) groups excluding carboxylic acids is 2. The lowest BCUT2D eigenvalue weighted by molar-refractivity contribution is 0.0535. The number of carbonyl (C=O) groups is 2. The highest BCUT2D eigenvalue weighted by Crippen LogP contribution is 2.32. The van der Waals surface area contributed by atoms with Gasteiger partial charge in [-0.2, -0.15) is 0 Å². The zero-order chi connectivity index (χ0) is 18.1. The SMILES string of the molecule is Cc1ccc(C(=O)N2CCN(C(=O)c3ccc4c(c3)OCO4)CC2)cc1. The van der Waals surface area contributed by atoms with E-state index in [4.69, 9.17) is 9.47 Å². The smallest absolute Gasteiger partial charge is 0.254 e. The molecule has 2 heterocycles. The predicted molar refractivity (Wildman–Crippen MR) is 95.6 cm³/mol. The minimum absolute atomic E-state index is 0.0141. The molecular weight excluding hydrogens is 332 g/mol. The van der Waals surface area contributed by atoms with Gasteiger partial charge in [0.2, 0.25) is 6.79 Å². The fourth-order valence-corrected chi connectivity index (χ4v) is 3.20. The van der Waals surface area contributed by atoms with Gasteiger partial charge in [0.15, 0.2) is 11.5 Å². The third-order valence-corrected chi connectivity index (χ3v) is 4.77. The number of fused-ring (bicyclic) bond motifs is 1. The maximum atomic E-state index is 12.7. The van der Waals surface area contributed by atoms with E-state index in [0.717, 1.165) is 5.56 Å². The summed E-state index contributed by atoms with van der Waals surface area (Å²) in [4.78, 5) is 28.9. The Bertz CT molecular complexity index is 839. The van der Waals surface area contributed by atoms with Crippen molar-refractivity contribution >= 4 is 11.8 Å². The molecule has 0 unspecified atom stereocenters. The first-order valence-electron chi connectivity index (χ1n) is 8.67. The van der Waals surface area contributed by atoms with E-state index in [0.29, 0.717) is 48.8 Å². The first-order valence-corrected chi connectivity index (χ1v) is 8.67. The molecule has 2 aromatic rings. The van der Waals surface area contributed by atoms with Gasteiger partial charge < -0.3 is 19.3 Å².